The van der Waals surface area contributed by atoms with Gasteiger partial charge in [0.2, 0.25) is 22.8 Å². The molecule has 10 heteroatoms. The first-order chi connectivity index (χ1) is 13.2. The second-order valence-electron chi connectivity index (χ2n) is 6.87. The molecule has 0 bridgehead atoms. The number of unbranched alkanes of at least 4 members (excludes halogenated alkanes) is 1. The van der Waals surface area contributed by atoms with Gasteiger partial charge in [0.25, 0.3) is 0 Å². The summed E-state index contributed by atoms with van der Waals surface area (Å²) >= 11 is 0. The Morgan fingerprint density at radius 3 is 1.79 bits per heavy atom. The van der Waals surface area contributed by atoms with Crippen LogP contribution in [-0.4, -0.2) is 60.4 Å². The summed E-state index contributed by atoms with van der Waals surface area (Å²) in [7, 11) is 0. The molecule has 0 spiro atoms. The highest BCUT2D eigenvalue weighted by Gasteiger charge is 2.75. The molecule has 4 N–H and O–H groups in total. The van der Waals surface area contributed by atoms with Gasteiger partial charge in [0.05, 0.1) is 6.61 Å². The molecule has 0 aromatic carbocycles. The summed E-state index contributed by atoms with van der Waals surface area (Å²) in [5.74, 6) is -5.02. The van der Waals surface area contributed by atoms with Gasteiger partial charge in [-0.05, 0) is 12.8 Å². The molecule has 0 radical (unpaired) electrons. The Kier molecular flexibility index (Phi) is 6.78. The third-order valence-electron chi connectivity index (χ3n) is 5.17. The van der Waals surface area contributed by atoms with E-state index in [4.69, 9.17) is 20.9 Å². The molecule has 2 fully saturated rings. The number of rotatable bonds is 11. The third-order valence-corrected chi connectivity index (χ3v) is 5.17. The lowest BCUT2D eigenvalue weighted by Crippen LogP contribution is -2.68. The number of Topliss-reactive ketones (excluding diaryl/α,β-unsaturated/α-hetero) is 4. The van der Waals surface area contributed by atoms with Gasteiger partial charge in [-0.1, -0.05) is 0 Å². The zero-order valence-corrected chi connectivity index (χ0v) is 15.5. The highest BCUT2D eigenvalue weighted by molar-refractivity contribution is 6.37. The zero-order valence-electron chi connectivity index (χ0n) is 15.5. The summed E-state index contributed by atoms with van der Waals surface area (Å²) in [6.45, 7) is 0.307. The standard InChI is InChI=1S/C18H24N2O8/c19-15(25)7-10-27-8-1-2-9-28-18(13(23)5-6-14(18)24)17(16(20)26)11(21)3-4-12(17)22/h1-10H2,(H2,19,25)(H2,20,26). The molecule has 0 heterocycles. The molecule has 2 aliphatic carbocycles. The molecule has 2 rings (SSSR count). The summed E-state index contributed by atoms with van der Waals surface area (Å²) in [6, 6.07) is 0. The van der Waals surface area contributed by atoms with Crippen molar-refractivity contribution in [1.82, 2.24) is 0 Å². The number of amides is 2. The van der Waals surface area contributed by atoms with Crippen molar-refractivity contribution in [1.29, 1.82) is 0 Å². The van der Waals surface area contributed by atoms with Gasteiger partial charge in [0.15, 0.2) is 23.1 Å². The van der Waals surface area contributed by atoms with E-state index >= 15 is 0 Å². The van der Waals surface area contributed by atoms with Crippen LogP contribution in [0.15, 0.2) is 0 Å². The molecule has 0 saturated heterocycles. The van der Waals surface area contributed by atoms with E-state index in [2.05, 4.69) is 0 Å². The molecule has 2 amide bonds. The van der Waals surface area contributed by atoms with Crippen molar-refractivity contribution in [2.75, 3.05) is 19.8 Å². The predicted molar refractivity (Wildman–Crippen MR) is 92.7 cm³/mol. The summed E-state index contributed by atoms with van der Waals surface area (Å²) in [6.07, 6.45) is -0.0790. The number of nitrogens with two attached hydrogens (primary N) is 2. The van der Waals surface area contributed by atoms with Crippen LogP contribution in [0.3, 0.4) is 0 Å². The van der Waals surface area contributed by atoms with E-state index in [9.17, 15) is 28.8 Å². The molecule has 154 valence electrons. The highest BCUT2D eigenvalue weighted by atomic mass is 16.5. The number of carbonyl (C=O) groups excluding carboxylic acids is 6. The van der Waals surface area contributed by atoms with E-state index in [1.54, 1.807) is 0 Å². The van der Waals surface area contributed by atoms with Crippen molar-refractivity contribution in [2.24, 2.45) is 16.9 Å². The van der Waals surface area contributed by atoms with Crippen LogP contribution >= 0.6 is 0 Å². The topological polar surface area (TPSA) is 173 Å². The van der Waals surface area contributed by atoms with Gasteiger partial charge in [-0.25, -0.2) is 0 Å². The van der Waals surface area contributed by atoms with Crippen molar-refractivity contribution in [3.63, 3.8) is 0 Å². The molecule has 28 heavy (non-hydrogen) atoms. The normalized spacial score (nSPS) is 20.7. The minimum absolute atomic E-state index is 0.0912. The molecular formula is C18H24N2O8. The molecule has 0 unspecified atom stereocenters. The summed E-state index contributed by atoms with van der Waals surface area (Å²) < 4.78 is 10.8. The molecule has 2 aliphatic rings. The van der Waals surface area contributed by atoms with E-state index in [1.165, 1.54) is 0 Å². The molecule has 2 saturated carbocycles. The van der Waals surface area contributed by atoms with Crippen molar-refractivity contribution >= 4 is 34.9 Å². The van der Waals surface area contributed by atoms with Crippen molar-refractivity contribution in [3.05, 3.63) is 0 Å². The average molecular weight is 396 g/mol. The van der Waals surface area contributed by atoms with Gasteiger partial charge in [0.1, 0.15) is 0 Å². The number of ether oxygens (including phenoxy) is 2. The Morgan fingerprint density at radius 2 is 1.29 bits per heavy atom. The molecule has 0 aromatic heterocycles. The first kappa shape index (κ1) is 21.8. The van der Waals surface area contributed by atoms with Crippen LogP contribution in [0.5, 0.6) is 0 Å². The minimum atomic E-state index is -2.57. The minimum Gasteiger partial charge on any atom is -0.381 e. The second-order valence-corrected chi connectivity index (χ2v) is 6.87. The third kappa shape index (κ3) is 3.49. The predicted octanol–water partition coefficient (Wildman–Crippen LogP) is -1.25. The quantitative estimate of drug-likeness (QED) is 0.322. The van der Waals surface area contributed by atoms with Crippen molar-refractivity contribution in [3.8, 4) is 0 Å². The Morgan fingerprint density at radius 1 is 0.786 bits per heavy atom. The number of carbonyl (C=O) groups is 6. The molecule has 0 aromatic rings. The van der Waals surface area contributed by atoms with Gasteiger partial charge >= 0.3 is 0 Å². The van der Waals surface area contributed by atoms with Gasteiger partial charge in [-0.15, -0.1) is 0 Å². The van der Waals surface area contributed by atoms with Crippen LogP contribution < -0.4 is 11.5 Å². The van der Waals surface area contributed by atoms with Crippen LogP contribution in [-0.2, 0) is 38.2 Å². The van der Waals surface area contributed by atoms with Crippen LogP contribution in [0.2, 0.25) is 0 Å². The average Bonchev–Trinajstić information content (AvgIpc) is 3.08. The first-order valence-electron chi connectivity index (χ1n) is 9.14. The lowest BCUT2D eigenvalue weighted by molar-refractivity contribution is -0.182. The number of hydrogen-bond acceptors (Lipinski definition) is 8. The maximum Gasteiger partial charge on any atom is 0.242 e. The molecule has 0 aliphatic heterocycles. The Balaban J connectivity index is 2.11. The number of primary amides is 2. The fourth-order valence-electron chi connectivity index (χ4n) is 3.83. The van der Waals surface area contributed by atoms with E-state index in [1.807, 2.05) is 0 Å². The van der Waals surface area contributed by atoms with Crippen molar-refractivity contribution < 1.29 is 38.2 Å². The van der Waals surface area contributed by atoms with Crippen LogP contribution in [0.4, 0.5) is 0 Å². The van der Waals surface area contributed by atoms with E-state index in [0.29, 0.717) is 12.8 Å². The fourth-order valence-corrected chi connectivity index (χ4v) is 3.83. The Bertz CT molecular complexity index is 682. The molecular weight excluding hydrogens is 372 g/mol. The summed E-state index contributed by atoms with van der Waals surface area (Å²) in [5, 5.41) is 0. The monoisotopic (exact) mass is 396 g/mol. The van der Waals surface area contributed by atoms with Crippen LogP contribution in [0.25, 0.3) is 0 Å². The van der Waals surface area contributed by atoms with Crippen molar-refractivity contribution in [2.45, 2.75) is 50.5 Å². The maximum absolute atomic E-state index is 12.6. The lowest BCUT2D eigenvalue weighted by atomic mass is 9.66. The van der Waals surface area contributed by atoms with Gasteiger partial charge in [-0.3, -0.25) is 28.8 Å². The highest BCUT2D eigenvalue weighted by Crippen LogP contribution is 2.48. The summed E-state index contributed by atoms with van der Waals surface area (Å²) in [4.78, 5) is 73.2. The van der Waals surface area contributed by atoms with Gasteiger partial charge < -0.3 is 20.9 Å². The van der Waals surface area contributed by atoms with Crippen LogP contribution in [0, 0.1) is 5.41 Å². The van der Waals surface area contributed by atoms with Crippen LogP contribution in [0.1, 0.15) is 44.9 Å². The fraction of sp³-hybridized carbons (Fsp3) is 0.667. The first-order valence-corrected chi connectivity index (χ1v) is 9.14. The van der Waals surface area contributed by atoms with Gasteiger partial charge in [-0.2, -0.15) is 0 Å². The Labute approximate surface area is 161 Å². The molecule has 10 nitrogen and oxygen atoms in total. The Hall–Kier alpha value is -2.46. The maximum atomic E-state index is 12.6. The van der Waals surface area contributed by atoms with E-state index in [-0.39, 0.29) is 51.9 Å². The molecule has 0 atom stereocenters. The van der Waals surface area contributed by atoms with E-state index in [0.717, 1.165) is 0 Å². The zero-order chi connectivity index (χ0) is 20.9. The number of ketones is 4. The largest absolute Gasteiger partial charge is 0.381 e. The number of hydrogen-bond donors (Lipinski definition) is 2. The van der Waals surface area contributed by atoms with E-state index < -0.39 is 46.0 Å². The SMILES string of the molecule is NC(=O)CCOCCCCOC1(C2(C(N)=O)C(=O)CCC2=O)C(=O)CCC1=O. The van der Waals surface area contributed by atoms with Gasteiger partial charge in [0, 0.05) is 45.3 Å². The lowest BCUT2D eigenvalue weighted by Gasteiger charge is -2.38. The second kappa shape index (κ2) is 8.70. The smallest absolute Gasteiger partial charge is 0.242 e. The summed E-state index contributed by atoms with van der Waals surface area (Å²) in [5.41, 5.74) is 5.34.